The average Bonchev–Trinajstić information content (AvgIpc) is 2.70. The van der Waals surface area contributed by atoms with E-state index in [1.165, 1.54) is 0 Å². The monoisotopic (exact) mass is 414 g/mol. The van der Waals surface area contributed by atoms with E-state index in [1.54, 1.807) is 0 Å². The lowest BCUT2D eigenvalue weighted by Gasteiger charge is -2.46. The van der Waals surface area contributed by atoms with E-state index in [-0.39, 0.29) is 6.29 Å². The summed E-state index contributed by atoms with van der Waals surface area (Å²) in [5.41, 5.74) is 0. The Bertz CT molecular complexity index is 491. The zero-order valence-electron chi connectivity index (χ0n) is 14.7. The van der Waals surface area contributed by atoms with Crippen LogP contribution in [0.5, 0.6) is 0 Å². The zero-order chi connectivity index (χ0) is 21.0. The Labute approximate surface area is 159 Å². The van der Waals surface area contributed by atoms with Gasteiger partial charge >= 0.3 is 0 Å². The van der Waals surface area contributed by atoms with Crippen molar-refractivity contribution in [2.24, 2.45) is 0 Å². The Balaban J connectivity index is 2.16. The van der Waals surface area contributed by atoms with Crippen molar-refractivity contribution in [2.45, 2.75) is 67.5 Å². The Morgan fingerprint density at radius 3 is 1.89 bits per heavy atom. The zero-order valence-corrected chi connectivity index (χ0v) is 14.7. The number of aliphatic hydroxyl groups excluding tert-OH is 8. The summed E-state index contributed by atoms with van der Waals surface area (Å²) in [6, 6.07) is 0. The SMILES string of the molecule is O=C[C@@H](O)CO[C@@H]1O[C@H](CO)[C@H](O)[C@H](O)[C@H]1O[C@@H]1O[C@H](CO)[C@H](O)[C@H](O)[C@H]1O. The summed E-state index contributed by atoms with van der Waals surface area (Å²) in [6.07, 6.45) is -17.2. The number of hydrogen-bond donors (Lipinski definition) is 8. The number of rotatable bonds is 8. The molecule has 13 heteroatoms. The van der Waals surface area contributed by atoms with Crippen LogP contribution in [0, 0.1) is 0 Å². The van der Waals surface area contributed by atoms with Crippen LogP contribution < -0.4 is 0 Å². The highest BCUT2D eigenvalue weighted by atomic mass is 16.8. The van der Waals surface area contributed by atoms with E-state index in [0.29, 0.717) is 0 Å². The van der Waals surface area contributed by atoms with Gasteiger partial charge in [0.05, 0.1) is 19.8 Å². The summed E-state index contributed by atoms with van der Waals surface area (Å²) in [5, 5.41) is 77.8. The smallest absolute Gasteiger partial charge is 0.187 e. The Morgan fingerprint density at radius 1 is 0.821 bits per heavy atom. The molecule has 0 unspecified atom stereocenters. The first kappa shape index (κ1) is 23.5. The van der Waals surface area contributed by atoms with Gasteiger partial charge in [-0.2, -0.15) is 0 Å². The van der Waals surface area contributed by atoms with E-state index in [2.05, 4.69) is 0 Å². The molecule has 0 bridgehead atoms. The molecule has 0 saturated carbocycles. The lowest BCUT2D eigenvalue weighted by atomic mass is 9.97. The number of ether oxygens (including phenoxy) is 4. The van der Waals surface area contributed by atoms with Crippen molar-refractivity contribution < 1.29 is 64.6 Å². The van der Waals surface area contributed by atoms with E-state index in [0.717, 1.165) is 0 Å². The molecule has 164 valence electrons. The van der Waals surface area contributed by atoms with Crippen LogP contribution in [0.4, 0.5) is 0 Å². The van der Waals surface area contributed by atoms with E-state index >= 15 is 0 Å². The van der Waals surface area contributed by atoms with Crippen molar-refractivity contribution in [1.29, 1.82) is 0 Å². The first-order chi connectivity index (χ1) is 13.2. The number of carbonyl (C=O) groups is 1. The molecule has 2 rings (SSSR count). The van der Waals surface area contributed by atoms with Gasteiger partial charge in [-0.3, -0.25) is 0 Å². The molecule has 0 amide bonds. The molecule has 2 aliphatic rings. The second-order valence-electron chi connectivity index (χ2n) is 6.54. The van der Waals surface area contributed by atoms with E-state index in [9.17, 15) is 45.6 Å². The van der Waals surface area contributed by atoms with Gasteiger partial charge in [0.2, 0.25) is 0 Å². The molecule has 28 heavy (non-hydrogen) atoms. The molecule has 0 aromatic heterocycles. The third kappa shape index (κ3) is 5.02. The van der Waals surface area contributed by atoms with Crippen LogP contribution in [-0.4, -0.2) is 134 Å². The molecule has 2 aliphatic heterocycles. The molecule has 0 aromatic rings. The highest BCUT2D eigenvalue weighted by Crippen LogP contribution is 2.29. The summed E-state index contributed by atoms with van der Waals surface area (Å²) < 4.78 is 21.0. The van der Waals surface area contributed by atoms with Crippen LogP contribution in [0.3, 0.4) is 0 Å². The fourth-order valence-corrected chi connectivity index (χ4v) is 2.90. The van der Waals surface area contributed by atoms with Crippen molar-refractivity contribution in [3.05, 3.63) is 0 Å². The van der Waals surface area contributed by atoms with E-state index < -0.39 is 87.3 Å². The molecule has 0 radical (unpaired) electrons. The second-order valence-corrected chi connectivity index (χ2v) is 6.54. The molecule has 8 N–H and O–H groups in total. The van der Waals surface area contributed by atoms with Gasteiger partial charge in [0.1, 0.15) is 54.9 Å². The number of hydrogen-bond acceptors (Lipinski definition) is 13. The quantitative estimate of drug-likeness (QED) is 0.174. The minimum absolute atomic E-state index is 0.186. The predicted octanol–water partition coefficient (Wildman–Crippen LogP) is -5.81. The second kappa shape index (κ2) is 10.3. The molecule has 0 spiro atoms. The molecule has 2 heterocycles. The van der Waals surface area contributed by atoms with Crippen molar-refractivity contribution in [3.63, 3.8) is 0 Å². The van der Waals surface area contributed by atoms with Gasteiger partial charge in [0.15, 0.2) is 18.9 Å². The first-order valence-electron chi connectivity index (χ1n) is 8.58. The summed E-state index contributed by atoms with van der Waals surface area (Å²) in [7, 11) is 0. The van der Waals surface area contributed by atoms with Gasteiger partial charge in [-0.05, 0) is 0 Å². The summed E-state index contributed by atoms with van der Waals surface area (Å²) in [6.45, 7) is -1.97. The number of aldehydes is 1. The fourth-order valence-electron chi connectivity index (χ4n) is 2.90. The van der Waals surface area contributed by atoms with Gasteiger partial charge < -0.3 is 64.6 Å². The lowest BCUT2D eigenvalue weighted by molar-refractivity contribution is -0.368. The van der Waals surface area contributed by atoms with Crippen LogP contribution in [0.25, 0.3) is 0 Å². The van der Waals surface area contributed by atoms with Gasteiger partial charge in [-0.1, -0.05) is 0 Å². The largest absolute Gasteiger partial charge is 0.394 e. The van der Waals surface area contributed by atoms with Crippen molar-refractivity contribution in [3.8, 4) is 0 Å². The molecule has 0 aromatic carbocycles. The molecule has 0 aliphatic carbocycles. The van der Waals surface area contributed by atoms with E-state index in [1.807, 2.05) is 0 Å². The maximum Gasteiger partial charge on any atom is 0.187 e. The minimum Gasteiger partial charge on any atom is -0.394 e. The predicted molar refractivity (Wildman–Crippen MR) is 84.4 cm³/mol. The highest BCUT2D eigenvalue weighted by Gasteiger charge is 2.50. The Kier molecular flexibility index (Phi) is 8.62. The molecular weight excluding hydrogens is 388 g/mol. The molecule has 2 saturated heterocycles. The summed E-state index contributed by atoms with van der Waals surface area (Å²) in [4.78, 5) is 10.5. The van der Waals surface area contributed by atoms with E-state index in [4.69, 9.17) is 18.9 Å². The molecule has 11 atom stereocenters. The standard InChI is InChI=1S/C15H26O13/c16-1-5(19)4-25-15-13(11(23)9(21)7(3-18)27-15)28-14-12(24)10(22)8(20)6(2-17)26-14/h1,5-15,17-24H,2-4H2/t5-,6-,7-,8+,9+,10+,11+,12-,13-,14+,15-/m1/s1. The van der Waals surface area contributed by atoms with Gasteiger partial charge in [0, 0.05) is 0 Å². The van der Waals surface area contributed by atoms with Crippen LogP contribution in [0.1, 0.15) is 0 Å². The Hall–Kier alpha value is -0.810. The van der Waals surface area contributed by atoms with Crippen molar-refractivity contribution in [2.75, 3.05) is 19.8 Å². The van der Waals surface area contributed by atoms with Gasteiger partial charge in [-0.15, -0.1) is 0 Å². The summed E-state index contributed by atoms with van der Waals surface area (Å²) >= 11 is 0. The summed E-state index contributed by atoms with van der Waals surface area (Å²) in [5.74, 6) is 0. The van der Waals surface area contributed by atoms with Crippen molar-refractivity contribution >= 4 is 6.29 Å². The van der Waals surface area contributed by atoms with Crippen LogP contribution >= 0.6 is 0 Å². The average molecular weight is 414 g/mol. The maximum absolute atomic E-state index is 10.5. The van der Waals surface area contributed by atoms with Crippen LogP contribution in [0.2, 0.25) is 0 Å². The van der Waals surface area contributed by atoms with Gasteiger partial charge in [-0.25, -0.2) is 0 Å². The fraction of sp³-hybridized carbons (Fsp3) is 0.933. The van der Waals surface area contributed by atoms with Crippen LogP contribution in [0.15, 0.2) is 0 Å². The highest BCUT2D eigenvalue weighted by molar-refractivity contribution is 5.55. The third-order valence-electron chi connectivity index (χ3n) is 4.55. The molecule has 13 nitrogen and oxygen atoms in total. The maximum atomic E-state index is 10.5. The van der Waals surface area contributed by atoms with Crippen molar-refractivity contribution in [1.82, 2.24) is 0 Å². The first-order valence-corrected chi connectivity index (χ1v) is 8.58. The molecule has 2 fully saturated rings. The number of aliphatic hydroxyl groups is 8. The molecular formula is C15H26O13. The lowest BCUT2D eigenvalue weighted by Crippen LogP contribution is -2.64. The topological polar surface area (TPSA) is 216 Å². The minimum atomic E-state index is -1.79. The normalized spacial score (nSPS) is 45.6. The number of carbonyl (C=O) groups excluding carboxylic acids is 1. The Morgan fingerprint density at radius 2 is 1.36 bits per heavy atom. The van der Waals surface area contributed by atoms with Gasteiger partial charge in [0.25, 0.3) is 0 Å². The third-order valence-corrected chi connectivity index (χ3v) is 4.55. The van der Waals surface area contributed by atoms with Crippen LogP contribution in [-0.2, 0) is 23.7 Å².